The minimum atomic E-state index is -1.65. The quantitative estimate of drug-likeness (QED) is 0.491. The van der Waals surface area contributed by atoms with Gasteiger partial charge < -0.3 is 24.4 Å². The van der Waals surface area contributed by atoms with Gasteiger partial charge in [0.2, 0.25) is 12.2 Å². The minimum absolute atomic E-state index is 0.298. The first-order valence-electron chi connectivity index (χ1n) is 12.4. The molecule has 1 aliphatic carbocycles. The molecule has 0 spiro atoms. The fourth-order valence-electron chi connectivity index (χ4n) is 4.25. The Bertz CT molecular complexity index is 1130. The average Bonchev–Trinajstić information content (AvgIpc) is 3.60. The van der Waals surface area contributed by atoms with Crippen LogP contribution in [0.1, 0.15) is 56.3 Å². The number of hydrogen-bond acceptors (Lipinski definition) is 7. The minimum Gasteiger partial charge on any atom is -0.493 e. The molecule has 1 fully saturated rings. The van der Waals surface area contributed by atoms with Gasteiger partial charge in [-0.1, -0.05) is 36.4 Å². The normalized spacial score (nSPS) is 16.7. The number of hydrogen-bond donors (Lipinski definition) is 1. The summed E-state index contributed by atoms with van der Waals surface area (Å²) in [6, 6.07) is 14.4. The van der Waals surface area contributed by atoms with Crippen molar-refractivity contribution in [2.24, 2.45) is 5.92 Å². The van der Waals surface area contributed by atoms with Gasteiger partial charge in [-0.05, 0) is 54.5 Å². The molecule has 4 rings (SSSR count). The molecule has 3 atom stereocenters. The number of carbonyl (C=O) groups is 4. The number of nitrogens with one attached hydrogen (secondary N) is 1. The van der Waals surface area contributed by atoms with E-state index in [4.69, 9.17) is 14.2 Å². The van der Waals surface area contributed by atoms with E-state index in [2.05, 4.69) is 5.32 Å². The van der Waals surface area contributed by atoms with E-state index in [0.29, 0.717) is 25.6 Å². The summed E-state index contributed by atoms with van der Waals surface area (Å²) < 4.78 is 16.3. The molecule has 37 heavy (non-hydrogen) atoms. The van der Waals surface area contributed by atoms with Crippen LogP contribution in [0.25, 0.3) is 0 Å². The van der Waals surface area contributed by atoms with Crippen LogP contribution in [0, 0.1) is 5.92 Å². The summed E-state index contributed by atoms with van der Waals surface area (Å²) in [5.41, 5.74) is 2.72. The van der Waals surface area contributed by atoms with Gasteiger partial charge in [-0.2, -0.15) is 0 Å². The van der Waals surface area contributed by atoms with Crippen LogP contribution in [0.2, 0.25) is 0 Å². The van der Waals surface area contributed by atoms with E-state index < -0.39 is 42.0 Å². The monoisotopic (exact) mass is 508 g/mol. The molecule has 9 heteroatoms. The molecule has 0 radical (unpaired) electrons. The zero-order valence-corrected chi connectivity index (χ0v) is 21.3. The Labute approximate surface area is 216 Å². The van der Waals surface area contributed by atoms with Crippen LogP contribution in [0.4, 0.5) is 0 Å². The first-order valence-corrected chi connectivity index (χ1v) is 12.4. The van der Waals surface area contributed by atoms with Gasteiger partial charge in [-0.25, -0.2) is 0 Å². The van der Waals surface area contributed by atoms with E-state index in [1.54, 1.807) is 6.92 Å². The van der Waals surface area contributed by atoms with Crippen LogP contribution in [0.5, 0.6) is 5.75 Å². The van der Waals surface area contributed by atoms with Crippen molar-refractivity contribution in [3.8, 4) is 5.75 Å². The molecule has 2 aromatic rings. The third-order valence-electron chi connectivity index (χ3n) is 6.44. The third-order valence-corrected chi connectivity index (χ3v) is 6.44. The predicted octanol–water partition coefficient (Wildman–Crippen LogP) is 3.06. The van der Waals surface area contributed by atoms with E-state index >= 15 is 0 Å². The van der Waals surface area contributed by atoms with Crippen LogP contribution in [-0.4, -0.2) is 47.5 Å². The molecular formula is C28H32N2O7. The van der Waals surface area contributed by atoms with Crippen molar-refractivity contribution in [2.75, 3.05) is 6.61 Å². The Morgan fingerprint density at radius 2 is 1.46 bits per heavy atom. The van der Waals surface area contributed by atoms with E-state index in [1.165, 1.54) is 17.7 Å². The Kier molecular flexibility index (Phi) is 8.11. The Morgan fingerprint density at radius 3 is 2.00 bits per heavy atom. The highest BCUT2D eigenvalue weighted by molar-refractivity contribution is 5.94. The molecule has 1 aliphatic heterocycles. The highest BCUT2D eigenvalue weighted by Gasteiger charge is 2.43. The van der Waals surface area contributed by atoms with Crippen LogP contribution in [0.3, 0.4) is 0 Å². The highest BCUT2D eigenvalue weighted by atomic mass is 16.6. The fraction of sp³-hybridized carbons (Fsp3) is 0.429. The lowest BCUT2D eigenvalue weighted by Crippen LogP contribution is -2.53. The number of ether oxygens (including phenoxy) is 3. The maximum Gasteiger partial charge on any atom is 0.303 e. The number of esters is 2. The molecule has 2 aromatic carbocycles. The smallest absolute Gasteiger partial charge is 0.303 e. The lowest BCUT2D eigenvalue weighted by Gasteiger charge is -2.29. The molecule has 0 saturated heterocycles. The van der Waals surface area contributed by atoms with Gasteiger partial charge in [-0.15, -0.1) is 0 Å². The number of benzene rings is 2. The van der Waals surface area contributed by atoms with Crippen molar-refractivity contribution in [1.82, 2.24) is 10.2 Å². The van der Waals surface area contributed by atoms with Crippen LogP contribution in [-0.2, 0) is 41.7 Å². The molecule has 0 aromatic heterocycles. The van der Waals surface area contributed by atoms with E-state index in [1.807, 2.05) is 48.5 Å². The van der Waals surface area contributed by atoms with Gasteiger partial charge in [0.25, 0.3) is 11.8 Å². The van der Waals surface area contributed by atoms with Gasteiger partial charge in [0.05, 0.1) is 12.6 Å². The van der Waals surface area contributed by atoms with Crippen molar-refractivity contribution < 1.29 is 33.4 Å². The average molecular weight is 509 g/mol. The Hall–Kier alpha value is -3.88. The van der Waals surface area contributed by atoms with Gasteiger partial charge >= 0.3 is 11.9 Å². The number of carbonyl (C=O) groups excluding carboxylic acids is 4. The largest absolute Gasteiger partial charge is 0.493 e. The van der Waals surface area contributed by atoms with Gasteiger partial charge in [-0.3, -0.25) is 19.2 Å². The highest BCUT2D eigenvalue weighted by Crippen LogP contribution is 2.30. The summed E-state index contributed by atoms with van der Waals surface area (Å²) in [5.74, 6) is -1.52. The second kappa shape index (κ2) is 11.5. The summed E-state index contributed by atoms with van der Waals surface area (Å²) in [5, 5.41) is 2.78. The van der Waals surface area contributed by atoms with E-state index in [-0.39, 0.29) is 0 Å². The number of nitrogens with zero attached hydrogens (tertiary/aromatic N) is 1. The second-order valence-corrected chi connectivity index (χ2v) is 9.58. The molecular weight excluding hydrogens is 476 g/mol. The lowest BCUT2D eigenvalue weighted by molar-refractivity contribution is -0.178. The number of rotatable bonds is 10. The molecule has 2 aliphatic rings. The standard InChI is InChI=1S/C28H32N2O7/c1-17(21-10-12-24(13-11-21)35-16-20-8-9-20)29-27(33)25(36-18(2)31)26(37-19(3)32)28(34)30-14-22-6-4-5-7-23(22)15-30/h4-7,10-13,17,20,25-26H,8-9,14-16H2,1-3H3,(H,29,33)/t17-,25-,26-/m1/s1. The summed E-state index contributed by atoms with van der Waals surface area (Å²) >= 11 is 0. The SMILES string of the molecule is CC(=O)O[C@@H](C(=O)N[C@H](C)c1ccc(OCC2CC2)cc1)[C@@H](OC(C)=O)C(=O)N1Cc2ccccc2C1. The predicted molar refractivity (Wildman–Crippen MR) is 133 cm³/mol. The van der Waals surface area contributed by atoms with Crippen molar-refractivity contribution in [3.05, 3.63) is 65.2 Å². The molecule has 0 unspecified atom stereocenters. The molecule has 0 bridgehead atoms. The van der Waals surface area contributed by atoms with Crippen LogP contribution < -0.4 is 10.1 Å². The summed E-state index contributed by atoms with van der Waals surface area (Å²) in [6.45, 7) is 5.33. The Morgan fingerprint density at radius 1 is 0.892 bits per heavy atom. The zero-order chi connectivity index (χ0) is 26.5. The first kappa shape index (κ1) is 26.2. The van der Waals surface area contributed by atoms with Gasteiger partial charge in [0, 0.05) is 26.9 Å². The summed E-state index contributed by atoms with van der Waals surface area (Å²) in [4.78, 5) is 52.0. The van der Waals surface area contributed by atoms with Crippen LogP contribution >= 0.6 is 0 Å². The van der Waals surface area contributed by atoms with E-state index in [9.17, 15) is 19.2 Å². The molecule has 196 valence electrons. The molecule has 9 nitrogen and oxygen atoms in total. The fourth-order valence-corrected chi connectivity index (χ4v) is 4.25. The van der Waals surface area contributed by atoms with E-state index in [0.717, 1.165) is 36.3 Å². The Balaban J connectivity index is 1.47. The maximum absolute atomic E-state index is 13.4. The van der Waals surface area contributed by atoms with Crippen LogP contribution in [0.15, 0.2) is 48.5 Å². The van der Waals surface area contributed by atoms with Crippen molar-refractivity contribution >= 4 is 23.8 Å². The zero-order valence-electron chi connectivity index (χ0n) is 21.3. The summed E-state index contributed by atoms with van der Waals surface area (Å²) in [7, 11) is 0. The molecule has 1 N–H and O–H groups in total. The maximum atomic E-state index is 13.4. The molecule has 1 saturated carbocycles. The summed E-state index contributed by atoms with van der Waals surface area (Å²) in [6.07, 6.45) is -0.874. The third kappa shape index (κ3) is 6.87. The molecule has 1 heterocycles. The van der Waals surface area contributed by atoms with Crippen molar-refractivity contribution in [3.63, 3.8) is 0 Å². The van der Waals surface area contributed by atoms with Gasteiger partial charge in [0.1, 0.15) is 5.75 Å². The van der Waals surface area contributed by atoms with Gasteiger partial charge in [0.15, 0.2) is 0 Å². The second-order valence-electron chi connectivity index (χ2n) is 9.58. The number of fused-ring (bicyclic) bond motifs is 1. The first-order chi connectivity index (χ1) is 17.7. The molecule has 2 amide bonds. The van der Waals surface area contributed by atoms with Crippen molar-refractivity contribution in [2.45, 2.75) is 65.0 Å². The topological polar surface area (TPSA) is 111 Å². The van der Waals surface area contributed by atoms with Crippen molar-refractivity contribution in [1.29, 1.82) is 0 Å². The lowest BCUT2D eigenvalue weighted by atomic mass is 10.1. The number of amides is 2.